The first-order chi connectivity index (χ1) is 15.6. The second kappa shape index (κ2) is 8.49. The number of aromatic nitrogens is 2. The van der Waals surface area contributed by atoms with Gasteiger partial charge in [0, 0.05) is 18.2 Å². The van der Waals surface area contributed by atoms with Crippen molar-refractivity contribution >= 4 is 17.5 Å². The summed E-state index contributed by atoms with van der Waals surface area (Å²) >= 11 is 0. The van der Waals surface area contributed by atoms with Gasteiger partial charge < -0.3 is 4.90 Å². The summed E-state index contributed by atoms with van der Waals surface area (Å²) in [4.78, 5) is 27.6. The van der Waals surface area contributed by atoms with E-state index >= 15 is 0 Å². The molecule has 7 heteroatoms. The Kier molecular flexibility index (Phi) is 5.39. The summed E-state index contributed by atoms with van der Waals surface area (Å²) < 4.78 is 1.87. The van der Waals surface area contributed by atoms with E-state index in [0.29, 0.717) is 11.5 Å². The van der Waals surface area contributed by atoms with E-state index in [1.807, 2.05) is 54.1 Å². The number of rotatable bonds is 5. The fourth-order valence-electron chi connectivity index (χ4n) is 4.46. The molecule has 0 unspecified atom stereocenters. The maximum absolute atomic E-state index is 12.9. The zero-order valence-electron chi connectivity index (χ0n) is 18.2. The van der Waals surface area contributed by atoms with E-state index in [9.17, 15) is 9.59 Å². The van der Waals surface area contributed by atoms with Crippen molar-refractivity contribution in [1.82, 2.24) is 20.6 Å². The van der Waals surface area contributed by atoms with Crippen molar-refractivity contribution in [2.75, 3.05) is 18.0 Å². The number of carbonyl (C=O) groups is 2. The zero-order valence-corrected chi connectivity index (χ0v) is 18.2. The molecule has 1 aliphatic carbocycles. The van der Waals surface area contributed by atoms with Crippen LogP contribution in [0.15, 0.2) is 54.7 Å². The molecular formula is C25H27N5O2. The highest BCUT2D eigenvalue weighted by molar-refractivity contribution is 5.97. The average Bonchev–Trinajstić information content (AvgIpc) is 3.56. The lowest BCUT2D eigenvalue weighted by Gasteiger charge is -2.30. The highest BCUT2D eigenvalue weighted by Crippen LogP contribution is 2.42. The second-order valence-electron chi connectivity index (χ2n) is 8.57. The first kappa shape index (κ1) is 20.3. The molecule has 0 radical (unpaired) electrons. The number of carbonyl (C=O) groups excluding carboxylic acids is 2. The Bertz CT molecular complexity index is 1160. The van der Waals surface area contributed by atoms with Crippen molar-refractivity contribution < 1.29 is 9.59 Å². The lowest BCUT2D eigenvalue weighted by molar-refractivity contribution is -0.120. The van der Waals surface area contributed by atoms with E-state index in [2.05, 4.69) is 26.9 Å². The molecule has 1 fully saturated rings. The van der Waals surface area contributed by atoms with E-state index in [-0.39, 0.29) is 18.4 Å². The molecule has 2 aromatic carbocycles. The van der Waals surface area contributed by atoms with Gasteiger partial charge >= 0.3 is 0 Å². The molecule has 0 saturated heterocycles. The number of anilines is 1. The first-order valence-corrected chi connectivity index (χ1v) is 11.2. The summed E-state index contributed by atoms with van der Waals surface area (Å²) in [5.74, 6) is -0.258. The molecule has 7 nitrogen and oxygen atoms in total. The van der Waals surface area contributed by atoms with Gasteiger partial charge in [0.15, 0.2) is 0 Å². The van der Waals surface area contributed by atoms with Crippen LogP contribution in [0.4, 0.5) is 5.69 Å². The fraction of sp³-hybridized carbons (Fsp3) is 0.320. The topological polar surface area (TPSA) is 79.3 Å². The molecule has 2 aliphatic rings. The first-order valence-electron chi connectivity index (χ1n) is 11.2. The summed E-state index contributed by atoms with van der Waals surface area (Å²) in [7, 11) is 0. The van der Waals surface area contributed by atoms with Crippen LogP contribution in [0.1, 0.15) is 52.4 Å². The minimum Gasteiger partial charge on any atom is -0.362 e. The van der Waals surface area contributed by atoms with Gasteiger partial charge in [-0.3, -0.25) is 20.4 Å². The van der Waals surface area contributed by atoms with Crippen LogP contribution in [-0.4, -0.2) is 34.7 Å². The van der Waals surface area contributed by atoms with Gasteiger partial charge in [0.05, 0.1) is 29.7 Å². The molecule has 2 amide bonds. The number of aryl methyl sites for hydroxylation is 2. The minimum absolute atomic E-state index is 0.204. The van der Waals surface area contributed by atoms with Crippen LogP contribution < -0.4 is 15.8 Å². The van der Waals surface area contributed by atoms with E-state index < -0.39 is 0 Å². The third kappa shape index (κ3) is 3.98. The molecule has 5 rings (SSSR count). The molecule has 0 bridgehead atoms. The number of hydrogen-bond donors (Lipinski definition) is 2. The average molecular weight is 430 g/mol. The summed E-state index contributed by atoms with van der Waals surface area (Å²) in [6.07, 6.45) is 5.72. The van der Waals surface area contributed by atoms with Gasteiger partial charge in [0.2, 0.25) is 0 Å². The van der Waals surface area contributed by atoms with Crippen molar-refractivity contribution in [3.8, 4) is 5.69 Å². The molecule has 0 spiro atoms. The molecule has 0 atom stereocenters. The van der Waals surface area contributed by atoms with Crippen molar-refractivity contribution in [1.29, 1.82) is 0 Å². The molecular weight excluding hydrogens is 402 g/mol. The maximum Gasteiger partial charge on any atom is 0.273 e. The molecule has 1 aromatic heterocycles. The Balaban J connectivity index is 1.27. The molecule has 2 heterocycles. The van der Waals surface area contributed by atoms with Gasteiger partial charge in [-0.1, -0.05) is 36.4 Å². The Labute approximate surface area is 187 Å². The summed E-state index contributed by atoms with van der Waals surface area (Å²) in [5.41, 5.74) is 11.0. The Morgan fingerprint density at radius 3 is 2.56 bits per heavy atom. The highest BCUT2D eigenvalue weighted by atomic mass is 16.2. The summed E-state index contributed by atoms with van der Waals surface area (Å²) in [5, 5.41) is 4.51. The van der Waals surface area contributed by atoms with Crippen LogP contribution in [0.3, 0.4) is 0 Å². The standard InChI is InChI=1S/C25H27N5O2/c1-17-7-2-4-10-21(17)30-24(19-12-13-19)20(15-26-30)25(32)28-27-23(31)16-29-14-6-9-18-8-3-5-11-22(18)29/h2-5,7-8,10-11,15,19H,6,9,12-14,16H2,1H3,(H,27,31)(H,28,32). The maximum atomic E-state index is 12.9. The number of nitrogens with one attached hydrogen (secondary N) is 2. The zero-order chi connectivity index (χ0) is 22.1. The third-order valence-corrected chi connectivity index (χ3v) is 6.22. The van der Waals surface area contributed by atoms with Gasteiger partial charge in [-0.15, -0.1) is 0 Å². The largest absolute Gasteiger partial charge is 0.362 e. The van der Waals surface area contributed by atoms with E-state index in [1.54, 1.807) is 6.20 Å². The number of fused-ring (bicyclic) bond motifs is 1. The van der Waals surface area contributed by atoms with Gasteiger partial charge in [-0.25, -0.2) is 4.68 Å². The van der Waals surface area contributed by atoms with Gasteiger partial charge in [-0.05, 0) is 55.9 Å². The van der Waals surface area contributed by atoms with Crippen LogP contribution in [-0.2, 0) is 11.2 Å². The summed E-state index contributed by atoms with van der Waals surface area (Å²) in [6, 6.07) is 16.2. The smallest absolute Gasteiger partial charge is 0.273 e. The monoisotopic (exact) mass is 429 g/mol. The second-order valence-corrected chi connectivity index (χ2v) is 8.57. The van der Waals surface area contributed by atoms with Gasteiger partial charge in [0.25, 0.3) is 11.8 Å². The van der Waals surface area contributed by atoms with Crippen molar-refractivity contribution in [3.05, 3.63) is 77.1 Å². The van der Waals surface area contributed by atoms with Gasteiger partial charge in [0.1, 0.15) is 0 Å². The number of hydrazine groups is 1. The number of amides is 2. The number of para-hydroxylation sites is 2. The lowest BCUT2D eigenvalue weighted by atomic mass is 10.0. The van der Waals surface area contributed by atoms with Crippen LogP contribution in [0.2, 0.25) is 0 Å². The van der Waals surface area contributed by atoms with E-state index in [4.69, 9.17) is 0 Å². The van der Waals surface area contributed by atoms with Crippen molar-refractivity contribution in [2.45, 2.75) is 38.5 Å². The van der Waals surface area contributed by atoms with Crippen molar-refractivity contribution in [2.24, 2.45) is 0 Å². The lowest BCUT2D eigenvalue weighted by Crippen LogP contribution is -2.47. The van der Waals surface area contributed by atoms with Crippen LogP contribution in [0.5, 0.6) is 0 Å². The molecule has 1 aliphatic heterocycles. The predicted octanol–water partition coefficient (Wildman–Crippen LogP) is 3.27. The van der Waals surface area contributed by atoms with Crippen LogP contribution in [0, 0.1) is 6.92 Å². The number of hydrogen-bond acceptors (Lipinski definition) is 4. The molecule has 164 valence electrons. The normalized spacial score (nSPS) is 15.2. The third-order valence-electron chi connectivity index (χ3n) is 6.22. The molecule has 3 aromatic rings. The van der Waals surface area contributed by atoms with E-state index in [1.165, 1.54) is 5.56 Å². The molecule has 32 heavy (non-hydrogen) atoms. The predicted molar refractivity (Wildman–Crippen MR) is 123 cm³/mol. The Morgan fingerprint density at radius 1 is 1.03 bits per heavy atom. The van der Waals surface area contributed by atoms with Crippen LogP contribution >= 0.6 is 0 Å². The van der Waals surface area contributed by atoms with Crippen LogP contribution in [0.25, 0.3) is 5.69 Å². The van der Waals surface area contributed by atoms with E-state index in [0.717, 1.165) is 54.9 Å². The quantitative estimate of drug-likeness (QED) is 0.610. The highest BCUT2D eigenvalue weighted by Gasteiger charge is 2.33. The number of nitrogens with zero attached hydrogens (tertiary/aromatic N) is 3. The SMILES string of the molecule is Cc1ccccc1-n1ncc(C(=O)NNC(=O)CN2CCCc3ccccc32)c1C1CC1. The van der Waals surface area contributed by atoms with Crippen molar-refractivity contribution in [3.63, 3.8) is 0 Å². The Hall–Kier alpha value is -3.61. The Morgan fingerprint density at radius 2 is 1.78 bits per heavy atom. The summed E-state index contributed by atoms with van der Waals surface area (Å²) in [6.45, 7) is 3.06. The minimum atomic E-state index is -0.334. The fourth-order valence-corrected chi connectivity index (χ4v) is 4.46. The molecule has 2 N–H and O–H groups in total. The molecule has 1 saturated carbocycles. The number of benzene rings is 2. The van der Waals surface area contributed by atoms with Gasteiger partial charge in [-0.2, -0.15) is 5.10 Å².